The van der Waals surface area contributed by atoms with Crippen molar-refractivity contribution in [3.8, 4) is 5.75 Å². The summed E-state index contributed by atoms with van der Waals surface area (Å²) in [6, 6.07) is 5.97. The Morgan fingerprint density at radius 1 is 1.56 bits per heavy atom. The molecule has 0 amide bonds. The molecule has 2 rings (SSSR count). The number of Topliss-reactive ketones (excluding diaryl/α,β-unsaturated/α-hetero) is 1. The Kier molecular flexibility index (Phi) is 2.86. The molecule has 0 aliphatic carbocycles. The highest BCUT2D eigenvalue weighted by Gasteiger charge is 2.30. The number of methoxy groups -OCH3 is 1. The molecular formula is C13H17NO2. The summed E-state index contributed by atoms with van der Waals surface area (Å²) in [5.41, 5.74) is 2.28. The molecule has 1 heterocycles. The van der Waals surface area contributed by atoms with Crippen LogP contribution in [0.15, 0.2) is 18.2 Å². The van der Waals surface area contributed by atoms with Crippen LogP contribution in [0.2, 0.25) is 0 Å². The number of anilines is 1. The number of ether oxygens (including phenoxy) is 1. The lowest BCUT2D eigenvalue weighted by Gasteiger charge is -2.16. The number of hydrogen-bond acceptors (Lipinski definition) is 3. The minimum atomic E-state index is 0.00468. The predicted molar refractivity (Wildman–Crippen MR) is 64.3 cm³/mol. The van der Waals surface area contributed by atoms with Crippen LogP contribution in [-0.2, 0) is 4.79 Å². The summed E-state index contributed by atoms with van der Waals surface area (Å²) in [6.07, 6.45) is 0. The second-order valence-corrected chi connectivity index (χ2v) is 4.13. The van der Waals surface area contributed by atoms with Crippen molar-refractivity contribution in [1.29, 1.82) is 0 Å². The van der Waals surface area contributed by atoms with Crippen LogP contribution >= 0.6 is 0 Å². The van der Waals surface area contributed by atoms with Crippen molar-refractivity contribution in [1.82, 2.24) is 0 Å². The average molecular weight is 219 g/mol. The Hall–Kier alpha value is -1.51. The molecule has 0 fully saturated rings. The van der Waals surface area contributed by atoms with E-state index in [4.69, 9.17) is 4.74 Å². The van der Waals surface area contributed by atoms with Crippen LogP contribution in [0.3, 0.4) is 0 Å². The maximum absolute atomic E-state index is 11.6. The quantitative estimate of drug-likeness (QED) is 0.780. The van der Waals surface area contributed by atoms with E-state index in [1.54, 1.807) is 14.0 Å². The Labute approximate surface area is 96.0 Å². The lowest BCUT2D eigenvalue weighted by atomic mass is 9.98. The molecule has 0 radical (unpaired) electrons. The second kappa shape index (κ2) is 4.16. The Balaban J connectivity index is 2.45. The first-order chi connectivity index (χ1) is 7.67. The van der Waals surface area contributed by atoms with Gasteiger partial charge in [-0.2, -0.15) is 0 Å². The van der Waals surface area contributed by atoms with E-state index in [9.17, 15) is 4.79 Å². The number of benzene rings is 1. The highest BCUT2D eigenvalue weighted by molar-refractivity contribution is 5.88. The zero-order chi connectivity index (χ0) is 11.7. The number of fused-ring (bicyclic) bond motifs is 1. The minimum Gasteiger partial charge on any atom is -0.497 e. The lowest BCUT2D eigenvalue weighted by molar-refractivity contribution is -0.118. The summed E-state index contributed by atoms with van der Waals surface area (Å²) >= 11 is 0. The minimum absolute atomic E-state index is 0.00468. The van der Waals surface area contributed by atoms with Crippen LogP contribution < -0.4 is 9.64 Å². The molecule has 0 saturated carbocycles. The maximum Gasteiger partial charge on any atom is 0.139 e. The summed E-state index contributed by atoms with van der Waals surface area (Å²) < 4.78 is 5.21. The highest BCUT2D eigenvalue weighted by atomic mass is 16.5. The third kappa shape index (κ3) is 1.66. The number of rotatable bonds is 3. The zero-order valence-electron chi connectivity index (χ0n) is 9.99. The van der Waals surface area contributed by atoms with Crippen molar-refractivity contribution in [3.63, 3.8) is 0 Å². The normalized spacial score (nSPS) is 18.4. The topological polar surface area (TPSA) is 29.5 Å². The van der Waals surface area contributed by atoms with E-state index >= 15 is 0 Å². The molecule has 0 bridgehead atoms. The molecule has 3 heteroatoms. The number of hydrogen-bond donors (Lipinski definition) is 0. The van der Waals surface area contributed by atoms with E-state index in [0.717, 1.165) is 24.4 Å². The van der Waals surface area contributed by atoms with Crippen LogP contribution in [-0.4, -0.2) is 26.0 Å². The molecule has 1 aliphatic rings. The van der Waals surface area contributed by atoms with Gasteiger partial charge in [-0.05, 0) is 37.6 Å². The van der Waals surface area contributed by atoms with Gasteiger partial charge in [0.15, 0.2) is 0 Å². The fourth-order valence-corrected chi connectivity index (χ4v) is 2.29. The maximum atomic E-state index is 11.6. The highest BCUT2D eigenvalue weighted by Crippen LogP contribution is 2.38. The molecule has 0 saturated heterocycles. The Morgan fingerprint density at radius 3 is 2.88 bits per heavy atom. The summed E-state index contributed by atoms with van der Waals surface area (Å²) in [6.45, 7) is 5.50. The van der Waals surface area contributed by atoms with Crippen molar-refractivity contribution in [2.24, 2.45) is 0 Å². The number of likely N-dealkylation sites (N-methyl/N-ethyl adjacent to an activating group) is 1. The van der Waals surface area contributed by atoms with E-state index in [1.165, 1.54) is 5.69 Å². The number of ketones is 1. The van der Waals surface area contributed by atoms with Crippen LogP contribution in [0, 0.1) is 0 Å². The summed E-state index contributed by atoms with van der Waals surface area (Å²) in [4.78, 5) is 13.8. The van der Waals surface area contributed by atoms with Gasteiger partial charge in [0, 0.05) is 18.8 Å². The monoisotopic (exact) mass is 219 g/mol. The molecule has 1 aromatic rings. The van der Waals surface area contributed by atoms with Crippen LogP contribution in [0.1, 0.15) is 25.3 Å². The van der Waals surface area contributed by atoms with Crippen molar-refractivity contribution in [2.45, 2.75) is 19.8 Å². The number of nitrogens with zero attached hydrogens (tertiary/aromatic N) is 1. The van der Waals surface area contributed by atoms with Gasteiger partial charge >= 0.3 is 0 Å². The smallest absolute Gasteiger partial charge is 0.139 e. The molecule has 1 aromatic carbocycles. The van der Waals surface area contributed by atoms with Crippen molar-refractivity contribution < 1.29 is 9.53 Å². The lowest BCUT2D eigenvalue weighted by Crippen LogP contribution is -2.23. The first-order valence-electron chi connectivity index (χ1n) is 5.60. The number of carbonyl (C=O) groups excluding carboxylic acids is 1. The molecule has 1 atom stereocenters. The van der Waals surface area contributed by atoms with E-state index in [-0.39, 0.29) is 11.7 Å². The first-order valence-corrected chi connectivity index (χ1v) is 5.60. The zero-order valence-corrected chi connectivity index (χ0v) is 9.99. The molecule has 0 N–H and O–H groups in total. The summed E-state index contributed by atoms with van der Waals surface area (Å²) in [5, 5.41) is 0. The molecule has 16 heavy (non-hydrogen) atoms. The first kappa shape index (κ1) is 11.0. The van der Waals surface area contributed by atoms with E-state index in [0.29, 0.717) is 0 Å². The SMILES string of the molecule is CCN1CC(C(C)=O)c2cc(OC)ccc21. The third-order valence-electron chi connectivity index (χ3n) is 3.23. The van der Waals surface area contributed by atoms with Gasteiger partial charge < -0.3 is 9.64 Å². The standard InChI is InChI=1S/C13H17NO2/c1-4-14-8-12(9(2)15)11-7-10(16-3)5-6-13(11)14/h5-7,12H,4,8H2,1-3H3. The van der Waals surface area contributed by atoms with E-state index in [2.05, 4.69) is 11.8 Å². The molecule has 0 aromatic heterocycles. The number of carbonyl (C=O) groups is 1. The average Bonchev–Trinajstić information content (AvgIpc) is 2.66. The predicted octanol–water partition coefficient (Wildman–Crippen LogP) is 2.21. The van der Waals surface area contributed by atoms with E-state index in [1.807, 2.05) is 18.2 Å². The largest absolute Gasteiger partial charge is 0.497 e. The van der Waals surface area contributed by atoms with Crippen LogP contribution in [0.4, 0.5) is 5.69 Å². The third-order valence-corrected chi connectivity index (χ3v) is 3.23. The fourth-order valence-electron chi connectivity index (χ4n) is 2.29. The van der Waals surface area contributed by atoms with Gasteiger partial charge in [-0.15, -0.1) is 0 Å². The summed E-state index contributed by atoms with van der Waals surface area (Å²) in [7, 11) is 1.65. The van der Waals surface area contributed by atoms with Gasteiger partial charge in [-0.3, -0.25) is 4.79 Å². The van der Waals surface area contributed by atoms with Gasteiger partial charge in [0.1, 0.15) is 11.5 Å². The molecule has 1 unspecified atom stereocenters. The molecule has 86 valence electrons. The van der Waals surface area contributed by atoms with Crippen molar-refractivity contribution >= 4 is 11.5 Å². The molecule has 3 nitrogen and oxygen atoms in total. The molecule has 0 spiro atoms. The second-order valence-electron chi connectivity index (χ2n) is 4.13. The Morgan fingerprint density at radius 2 is 2.31 bits per heavy atom. The summed E-state index contributed by atoms with van der Waals surface area (Å²) in [5.74, 6) is 1.05. The van der Waals surface area contributed by atoms with Crippen LogP contribution in [0.25, 0.3) is 0 Å². The van der Waals surface area contributed by atoms with Gasteiger partial charge in [0.2, 0.25) is 0 Å². The fraction of sp³-hybridized carbons (Fsp3) is 0.462. The van der Waals surface area contributed by atoms with E-state index < -0.39 is 0 Å². The van der Waals surface area contributed by atoms with Gasteiger partial charge in [0.25, 0.3) is 0 Å². The van der Waals surface area contributed by atoms with Gasteiger partial charge in [-0.1, -0.05) is 0 Å². The van der Waals surface area contributed by atoms with Crippen LogP contribution in [0.5, 0.6) is 5.75 Å². The van der Waals surface area contributed by atoms with Gasteiger partial charge in [0.05, 0.1) is 13.0 Å². The van der Waals surface area contributed by atoms with Gasteiger partial charge in [-0.25, -0.2) is 0 Å². The van der Waals surface area contributed by atoms with Crippen molar-refractivity contribution in [2.75, 3.05) is 25.1 Å². The molecule has 1 aliphatic heterocycles. The molecular weight excluding hydrogens is 202 g/mol. The Bertz CT molecular complexity index is 414. The van der Waals surface area contributed by atoms with Crippen molar-refractivity contribution in [3.05, 3.63) is 23.8 Å².